The van der Waals surface area contributed by atoms with Crippen LogP contribution in [0, 0.1) is 11.8 Å². The van der Waals surface area contributed by atoms with Crippen LogP contribution in [-0.4, -0.2) is 47.2 Å². The molecule has 2 N–H and O–H groups in total. The normalized spacial score (nSPS) is 20.4. The Bertz CT molecular complexity index is 474. The van der Waals surface area contributed by atoms with E-state index in [0.717, 1.165) is 0 Å². The van der Waals surface area contributed by atoms with Gasteiger partial charge in [0.15, 0.2) is 0 Å². The lowest BCUT2D eigenvalue weighted by molar-refractivity contribution is -0.142. The van der Waals surface area contributed by atoms with Gasteiger partial charge in [0.25, 0.3) is 5.91 Å². The molecule has 6 heteroatoms. The number of hydrogen-bond acceptors (Lipinski definition) is 4. The van der Waals surface area contributed by atoms with Crippen LogP contribution in [0.3, 0.4) is 0 Å². The number of rotatable bonds is 9. The van der Waals surface area contributed by atoms with Crippen LogP contribution >= 0.6 is 0 Å². The molecule has 0 aromatic heterocycles. The lowest BCUT2D eigenvalue weighted by atomic mass is 9.98. The van der Waals surface area contributed by atoms with E-state index in [9.17, 15) is 14.7 Å². The molecule has 0 saturated heterocycles. The molecule has 0 saturated carbocycles. The summed E-state index contributed by atoms with van der Waals surface area (Å²) in [6.07, 6.45) is 1.98. The first kappa shape index (κ1) is 20.5. The number of carbonyl (C=O) groups excluding carboxylic acids is 2. The Balaban J connectivity index is 3.02. The molecular weight excluding hydrogens is 308 g/mol. The highest BCUT2D eigenvalue weighted by Gasteiger charge is 2.41. The van der Waals surface area contributed by atoms with E-state index in [1.54, 1.807) is 6.92 Å². The number of aliphatic hydroxyl groups is 1. The zero-order chi connectivity index (χ0) is 18.4. The third-order valence-corrected chi connectivity index (χ3v) is 4.15. The maximum atomic E-state index is 12.4. The zero-order valence-corrected chi connectivity index (χ0v) is 15.7. The summed E-state index contributed by atoms with van der Waals surface area (Å²) in [5.74, 6) is 0.773. The highest BCUT2D eigenvalue weighted by molar-refractivity contribution is 5.91. The molecule has 1 heterocycles. The quantitative estimate of drug-likeness (QED) is 0.673. The monoisotopic (exact) mass is 340 g/mol. The fourth-order valence-corrected chi connectivity index (χ4v) is 3.03. The highest BCUT2D eigenvalue weighted by atomic mass is 16.5. The van der Waals surface area contributed by atoms with Crippen LogP contribution in [0.5, 0.6) is 0 Å². The van der Waals surface area contributed by atoms with Gasteiger partial charge in [0, 0.05) is 12.5 Å². The number of amides is 2. The van der Waals surface area contributed by atoms with Crippen molar-refractivity contribution in [1.29, 1.82) is 0 Å². The standard InChI is InChI=1S/C18H32N2O4/c1-7-16(21)19-13(8-11(2)3)18(23)20-14(9-12(4)5)15(24-6)10-17(20)22/h10-14,18,23H,7-9H2,1-6H3,(H,19,21). The predicted octanol–water partition coefficient (Wildman–Crippen LogP) is 2.03. The van der Waals surface area contributed by atoms with Gasteiger partial charge in [-0.15, -0.1) is 0 Å². The van der Waals surface area contributed by atoms with Gasteiger partial charge in [0.1, 0.15) is 12.0 Å². The maximum Gasteiger partial charge on any atom is 0.252 e. The van der Waals surface area contributed by atoms with Crippen molar-refractivity contribution < 1.29 is 19.4 Å². The van der Waals surface area contributed by atoms with Crippen molar-refractivity contribution in [3.05, 3.63) is 11.8 Å². The van der Waals surface area contributed by atoms with Crippen LogP contribution in [0.15, 0.2) is 11.8 Å². The molecule has 0 radical (unpaired) electrons. The smallest absolute Gasteiger partial charge is 0.252 e. The summed E-state index contributed by atoms with van der Waals surface area (Å²) in [6, 6.07) is -0.800. The van der Waals surface area contributed by atoms with Crippen molar-refractivity contribution in [2.75, 3.05) is 7.11 Å². The van der Waals surface area contributed by atoms with Crippen molar-refractivity contribution in [2.45, 2.75) is 72.2 Å². The van der Waals surface area contributed by atoms with E-state index < -0.39 is 12.3 Å². The second-order valence-electron chi connectivity index (χ2n) is 7.21. The van der Waals surface area contributed by atoms with Crippen molar-refractivity contribution in [1.82, 2.24) is 10.2 Å². The molecule has 0 aromatic rings. The predicted molar refractivity (Wildman–Crippen MR) is 92.9 cm³/mol. The summed E-state index contributed by atoms with van der Waals surface area (Å²) in [5.41, 5.74) is 0. The first-order valence-electron chi connectivity index (χ1n) is 8.76. The second kappa shape index (κ2) is 9.06. The average Bonchev–Trinajstić information content (AvgIpc) is 2.80. The lowest BCUT2D eigenvalue weighted by Crippen LogP contribution is -2.55. The number of carbonyl (C=O) groups is 2. The molecule has 6 nitrogen and oxygen atoms in total. The summed E-state index contributed by atoms with van der Waals surface area (Å²) < 4.78 is 5.34. The van der Waals surface area contributed by atoms with Gasteiger partial charge in [-0.3, -0.25) is 9.59 Å². The summed E-state index contributed by atoms with van der Waals surface area (Å²) >= 11 is 0. The van der Waals surface area contributed by atoms with E-state index >= 15 is 0 Å². The van der Waals surface area contributed by atoms with Gasteiger partial charge in [0.05, 0.1) is 19.2 Å². The molecule has 1 aliphatic heterocycles. The Labute approximate surface area is 145 Å². The lowest BCUT2D eigenvalue weighted by Gasteiger charge is -2.37. The summed E-state index contributed by atoms with van der Waals surface area (Å²) in [4.78, 5) is 25.7. The largest absolute Gasteiger partial charge is 0.499 e. The Morgan fingerprint density at radius 2 is 1.96 bits per heavy atom. The fourth-order valence-electron chi connectivity index (χ4n) is 3.03. The maximum absolute atomic E-state index is 12.4. The summed E-state index contributed by atoms with van der Waals surface area (Å²) in [6.45, 7) is 9.93. The van der Waals surface area contributed by atoms with Crippen LogP contribution in [0.1, 0.15) is 53.9 Å². The first-order valence-corrected chi connectivity index (χ1v) is 8.76. The Morgan fingerprint density at radius 1 is 1.33 bits per heavy atom. The van der Waals surface area contributed by atoms with Gasteiger partial charge in [0.2, 0.25) is 5.91 Å². The summed E-state index contributed by atoms with van der Waals surface area (Å²) in [7, 11) is 1.53. The molecule has 0 aromatic carbocycles. The fraction of sp³-hybridized carbons (Fsp3) is 0.778. The zero-order valence-electron chi connectivity index (χ0n) is 15.7. The topological polar surface area (TPSA) is 78.9 Å². The minimum atomic E-state index is -1.08. The van der Waals surface area contributed by atoms with Gasteiger partial charge in [-0.05, 0) is 24.7 Å². The van der Waals surface area contributed by atoms with Gasteiger partial charge in [-0.25, -0.2) is 0 Å². The number of nitrogens with zero attached hydrogens (tertiary/aromatic N) is 1. The molecule has 3 unspecified atom stereocenters. The molecule has 3 atom stereocenters. The molecule has 138 valence electrons. The SMILES string of the molecule is CCC(=O)NC(CC(C)C)C(O)N1C(=O)C=C(OC)C1CC(C)C. The Hall–Kier alpha value is -1.56. The Kier molecular flexibility index (Phi) is 7.73. The van der Waals surface area contributed by atoms with Crippen molar-refractivity contribution in [2.24, 2.45) is 11.8 Å². The van der Waals surface area contributed by atoms with Crippen LogP contribution in [0.4, 0.5) is 0 Å². The molecule has 0 spiro atoms. The molecule has 0 fully saturated rings. The molecule has 0 bridgehead atoms. The van der Waals surface area contributed by atoms with E-state index in [1.807, 2.05) is 13.8 Å². The van der Waals surface area contributed by atoms with Gasteiger partial charge < -0.3 is 20.1 Å². The molecule has 2 amide bonds. The minimum absolute atomic E-state index is 0.133. The highest BCUT2D eigenvalue weighted by Crippen LogP contribution is 2.29. The van der Waals surface area contributed by atoms with Gasteiger partial charge in [-0.2, -0.15) is 0 Å². The molecule has 24 heavy (non-hydrogen) atoms. The van der Waals surface area contributed by atoms with E-state index in [1.165, 1.54) is 18.1 Å². The van der Waals surface area contributed by atoms with Crippen molar-refractivity contribution in [3.8, 4) is 0 Å². The van der Waals surface area contributed by atoms with Crippen LogP contribution in [-0.2, 0) is 14.3 Å². The van der Waals surface area contributed by atoms with Crippen LogP contribution < -0.4 is 5.32 Å². The van der Waals surface area contributed by atoms with Crippen molar-refractivity contribution in [3.63, 3.8) is 0 Å². The minimum Gasteiger partial charge on any atom is -0.499 e. The van der Waals surface area contributed by atoms with Gasteiger partial charge in [-0.1, -0.05) is 34.6 Å². The third kappa shape index (κ3) is 5.23. The molecule has 1 rings (SSSR count). The Morgan fingerprint density at radius 3 is 2.42 bits per heavy atom. The van der Waals surface area contributed by atoms with E-state index in [0.29, 0.717) is 30.9 Å². The molecule has 0 aliphatic carbocycles. The number of aliphatic hydroxyl groups excluding tert-OH is 1. The molecule has 1 aliphatic rings. The van der Waals surface area contributed by atoms with Crippen molar-refractivity contribution >= 4 is 11.8 Å². The number of methoxy groups -OCH3 is 1. The van der Waals surface area contributed by atoms with Crippen LogP contribution in [0.2, 0.25) is 0 Å². The van der Waals surface area contributed by atoms with E-state index in [2.05, 4.69) is 19.2 Å². The van der Waals surface area contributed by atoms with Crippen LogP contribution in [0.25, 0.3) is 0 Å². The number of nitrogens with one attached hydrogen (secondary N) is 1. The number of hydrogen-bond donors (Lipinski definition) is 2. The third-order valence-electron chi connectivity index (χ3n) is 4.15. The summed E-state index contributed by atoms with van der Waals surface area (Å²) in [5, 5.41) is 13.7. The second-order valence-corrected chi connectivity index (χ2v) is 7.21. The van der Waals surface area contributed by atoms with E-state index in [4.69, 9.17) is 4.74 Å². The van der Waals surface area contributed by atoms with E-state index in [-0.39, 0.29) is 23.8 Å². The number of ether oxygens (including phenoxy) is 1. The molecular formula is C18H32N2O4. The average molecular weight is 340 g/mol. The van der Waals surface area contributed by atoms with Gasteiger partial charge >= 0.3 is 0 Å². The first-order chi connectivity index (χ1) is 11.2.